The summed E-state index contributed by atoms with van der Waals surface area (Å²) in [6, 6.07) is 0. The number of aromatic nitrogens is 2. The predicted octanol–water partition coefficient (Wildman–Crippen LogP) is 2.63. The third-order valence-electron chi connectivity index (χ3n) is 5.98. The van der Waals surface area contributed by atoms with Crippen molar-refractivity contribution in [1.82, 2.24) is 19.4 Å². The zero-order valence-electron chi connectivity index (χ0n) is 18.7. The fraction of sp³-hybridized carbons (Fsp3) is 0.682. The Morgan fingerprint density at radius 2 is 2.00 bits per heavy atom. The van der Waals surface area contributed by atoms with E-state index in [-0.39, 0.29) is 16.7 Å². The molecule has 1 fully saturated rings. The Kier molecular flexibility index (Phi) is 7.36. The van der Waals surface area contributed by atoms with Gasteiger partial charge in [-0.3, -0.25) is 14.2 Å². The van der Waals surface area contributed by atoms with Gasteiger partial charge in [-0.25, -0.2) is 4.98 Å². The van der Waals surface area contributed by atoms with Crippen molar-refractivity contribution in [2.45, 2.75) is 56.0 Å². The molecular weight excluding hydrogens is 432 g/mol. The smallest absolute Gasteiger partial charge is 0.263 e. The molecule has 170 valence electrons. The summed E-state index contributed by atoms with van der Waals surface area (Å²) in [6.45, 7) is 5.87. The second-order valence-corrected chi connectivity index (χ2v) is 11.0. The van der Waals surface area contributed by atoms with Crippen molar-refractivity contribution in [2.75, 3.05) is 46.9 Å². The molecule has 7 nitrogen and oxygen atoms in total. The summed E-state index contributed by atoms with van der Waals surface area (Å²) in [6.07, 6.45) is 5.21. The third-order valence-corrected chi connectivity index (χ3v) is 8.24. The maximum atomic E-state index is 13.6. The van der Waals surface area contributed by atoms with Crippen LogP contribution in [-0.2, 0) is 28.9 Å². The number of ether oxygens (including phenoxy) is 1. The molecule has 2 aromatic heterocycles. The van der Waals surface area contributed by atoms with Gasteiger partial charge < -0.3 is 14.5 Å². The number of amides is 1. The van der Waals surface area contributed by atoms with Crippen LogP contribution in [0.3, 0.4) is 0 Å². The lowest BCUT2D eigenvalue weighted by Crippen LogP contribution is -2.44. The monoisotopic (exact) mass is 464 g/mol. The molecule has 31 heavy (non-hydrogen) atoms. The second-order valence-electron chi connectivity index (χ2n) is 8.60. The highest BCUT2D eigenvalue weighted by atomic mass is 32.2. The predicted molar refractivity (Wildman–Crippen MR) is 126 cm³/mol. The highest BCUT2D eigenvalue weighted by molar-refractivity contribution is 8.00. The summed E-state index contributed by atoms with van der Waals surface area (Å²) < 4.78 is 7.19. The number of hydrogen-bond acceptors (Lipinski definition) is 7. The van der Waals surface area contributed by atoms with E-state index in [0.29, 0.717) is 38.0 Å². The molecule has 4 rings (SSSR count). The zero-order valence-corrected chi connectivity index (χ0v) is 20.3. The summed E-state index contributed by atoms with van der Waals surface area (Å²) in [5, 5.41) is 1.20. The Labute approximate surface area is 191 Å². The number of carbonyl (C=O) groups is 1. The van der Waals surface area contributed by atoms with E-state index in [2.05, 4.69) is 4.90 Å². The molecule has 3 heterocycles. The first-order chi connectivity index (χ1) is 15.0. The van der Waals surface area contributed by atoms with Crippen molar-refractivity contribution < 1.29 is 9.53 Å². The molecule has 1 aliphatic heterocycles. The Morgan fingerprint density at radius 3 is 2.74 bits per heavy atom. The van der Waals surface area contributed by atoms with Crippen LogP contribution >= 0.6 is 23.1 Å². The largest absolute Gasteiger partial charge is 0.378 e. The number of aryl methyl sites for hydroxylation is 2. The lowest BCUT2D eigenvalue weighted by molar-refractivity contribution is -0.134. The quantitative estimate of drug-likeness (QED) is 0.464. The van der Waals surface area contributed by atoms with Crippen LogP contribution in [0.1, 0.15) is 36.6 Å². The minimum absolute atomic E-state index is 0.0664. The molecule has 0 bridgehead atoms. The fourth-order valence-corrected chi connectivity index (χ4v) is 6.62. The van der Waals surface area contributed by atoms with Crippen LogP contribution in [-0.4, -0.2) is 77.5 Å². The van der Waals surface area contributed by atoms with E-state index >= 15 is 0 Å². The van der Waals surface area contributed by atoms with E-state index < -0.39 is 0 Å². The standard InChI is InChI=1S/C22H32N4O3S2/c1-15(20(27)25-11-13-29-14-12-25)30-22-23-19-18(16-7-4-5-8-17(16)31-19)21(28)26(22)10-6-9-24(2)3/h15H,4-14H2,1-3H3. The van der Waals surface area contributed by atoms with E-state index in [1.54, 1.807) is 11.3 Å². The molecule has 1 saturated heterocycles. The minimum Gasteiger partial charge on any atom is -0.378 e. The van der Waals surface area contributed by atoms with Crippen LogP contribution in [0, 0.1) is 0 Å². The normalized spacial score (nSPS) is 17.9. The molecule has 1 amide bonds. The SMILES string of the molecule is CC(Sc1nc2sc3c(c2c(=O)n1CCCN(C)C)CCCC3)C(=O)N1CCOCC1. The number of carbonyl (C=O) groups excluding carboxylic acids is 1. The average Bonchev–Trinajstić information content (AvgIpc) is 3.14. The number of hydrogen-bond donors (Lipinski definition) is 0. The first kappa shape index (κ1) is 22.8. The maximum Gasteiger partial charge on any atom is 0.263 e. The van der Waals surface area contributed by atoms with Crippen LogP contribution in [0.5, 0.6) is 0 Å². The molecule has 1 unspecified atom stereocenters. The number of morpholine rings is 1. The van der Waals surface area contributed by atoms with Gasteiger partial charge in [-0.2, -0.15) is 0 Å². The molecule has 0 N–H and O–H groups in total. The van der Waals surface area contributed by atoms with Gasteiger partial charge in [-0.1, -0.05) is 11.8 Å². The topological polar surface area (TPSA) is 67.7 Å². The minimum atomic E-state index is -0.294. The van der Waals surface area contributed by atoms with Crippen molar-refractivity contribution in [3.8, 4) is 0 Å². The number of rotatable bonds is 7. The van der Waals surface area contributed by atoms with Gasteiger partial charge >= 0.3 is 0 Å². The second kappa shape index (κ2) is 10.0. The maximum absolute atomic E-state index is 13.6. The average molecular weight is 465 g/mol. The molecule has 9 heteroatoms. The molecule has 0 spiro atoms. The Bertz CT molecular complexity index is 995. The Hall–Kier alpha value is -1.42. The van der Waals surface area contributed by atoms with E-state index in [9.17, 15) is 9.59 Å². The fourth-order valence-electron chi connectivity index (χ4n) is 4.30. The summed E-state index contributed by atoms with van der Waals surface area (Å²) in [4.78, 5) is 37.6. The van der Waals surface area contributed by atoms with Crippen LogP contribution in [0.25, 0.3) is 10.2 Å². The van der Waals surface area contributed by atoms with E-state index in [1.807, 2.05) is 30.5 Å². The van der Waals surface area contributed by atoms with Crippen molar-refractivity contribution in [3.63, 3.8) is 0 Å². The molecule has 0 radical (unpaired) electrons. The van der Waals surface area contributed by atoms with Crippen LogP contribution < -0.4 is 5.56 Å². The summed E-state index contributed by atoms with van der Waals surface area (Å²) >= 11 is 3.09. The van der Waals surface area contributed by atoms with E-state index in [0.717, 1.165) is 42.4 Å². The highest BCUT2D eigenvalue weighted by Gasteiger charge is 2.27. The van der Waals surface area contributed by atoms with Gasteiger partial charge in [0.1, 0.15) is 4.83 Å². The molecule has 2 aromatic rings. The third kappa shape index (κ3) is 4.99. The van der Waals surface area contributed by atoms with E-state index in [1.165, 1.54) is 28.6 Å². The van der Waals surface area contributed by atoms with Crippen LogP contribution in [0.4, 0.5) is 0 Å². The summed E-state index contributed by atoms with van der Waals surface area (Å²) in [7, 11) is 4.08. The van der Waals surface area contributed by atoms with Crippen molar-refractivity contribution in [3.05, 3.63) is 20.8 Å². The van der Waals surface area contributed by atoms with Crippen molar-refractivity contribution in [1.29, 1.82) is 0 Å². The lowest BCUT2D eigenvalue weighted by atomic mass is 9.97. The van der Waals surface area contributed by atoms with Crippen LogP contribution in [0.15, 0.2) is 9.95 Å². The molecule has 1 atom stereocenters. The molecule has 2 aliphatic rings. The van der Waals surface area contributed by atoms with Crippen LogP contribution in [0.2, 0.25) is 0 Å². The summed E-state index contributed by atoms with van der Waals surface area (Å²) in [5.41, 5.74) is 1.29. The van der Waals surface area contributed by atoms with Gasteiger partial charge in [0.05, 0.1) is 23.8 Å². The lowest BCUT2D eigenvalue weighted by Gasteiger charge is -2.29. The first-order valence-corrected chi connectivity index (χ1v) is 12.9. The van der Waals surface area contributed by atoms with Gasteiger partial charge in [-0.05, 0) is 65.2 Å². The van der Waals surface area contributed by atoms with Gasteiger partial charge in [0, 0.05) is 24.5 Å². The van der Waals surface area contributed by atoms with Crippen molar-refractivity contribution in [2.24, 2.45) is 0 Å². The number of thioether (sulfide) groups is 1. The van der Waals surface area contributed by atoms with E-state index in [4.69, 9.17) is 9.72 Å². The summed E-state index contributed by atoms with van der Waals surface area (Å²) in [5.74, 6) is 0.0907. The number of fused-ring (bicyclic) bond motifs is 3. The number of thiophene rings is 1. The zero-order chi connectivity index (χ0) is 22.0. The Morgan fingerprint density at radius 1 is 1.26 bits per heavy atom. The molecule has 0 saturated carbocycles. The van der Waals surface area contributed by atoms with Crippen molar-refractivity contribution >= 4 is 39.2 Å². The van der Waals surface area contributed by atoms with Gasteiger partial charge in [0.15, 0.2) is 5.16 Å². The van der Waals surface area contributed by atoms with Gasteiger partial charge in [0.25, 0.3) is 5.56 Å². The molecule has 1 aliphatic carbocycles. The Balaban J connectivity index is 1.66. The molecule has 0 aromatic carbocycles. The molecular formula is C22H32N4O3S2. The first-order valence-electron chi connectivity index (χ1n) is 11.2. The number of nitrogens with zero attached hydrogens (tertiary/aromatic N) is 4. The van der Waals surface area contributed by atoms with Gasteiger partial charge in [0.2, 0.25) is 5.91 Å². The van der Waals surface area contributed by atoms with Gasteiger partial charge in [-0.15, -0.1) is 11.3 Å². The highest BCUT2D eigenvalue weighted by Crippen LogP contribution is 2.35.